The number of esters is 1. The number of ether oxygens (including phenoxy) is 1. The van der Waals surface area contributed by atoms with Gasteiger partial charge in [-0.3, -0.25) is 0 Å². The lowest BCUT2D eigenvalue weighted by Crippen LogP contribution is -2.49. The molecule has 1 rings (SSSR count). The Bertz CT molecular complexity index is 690. The summed E-state index contributed by atoms with van der Waals surface area (Å²) in [6, 6.07) is 7.54. The van der Waals surface area contributed by atoms with Crippen molar-refractivity contribution >= 4 is 5.97 Å². The molecule has 0 saturated heterocycles. The average Bonchev–Trinajstić information content (AvgIpc) is 2.59. The van der Waals surface area contributed by atoms with Gasteiger partial charge in [-0.05, 0) is 54.6 Å². The van der Waals surface area contributed by atoms with Gasteiger partial charge in [0.1, 0.15) is 6.10 Å². The molecule has 1 N–H and O–H groups in total. The third-order valence-electron chi connectivity index (χ3n) is 7.40. The van der Waals surface area contributed by atoms with Crippen molar-refractivity contribution in [2.24, 2.45) is 21.7 Å². The molecule has 0 aliphatic rings. The summed E-state index contributed by atoms with van der Waals surface area (Å²) in [6.45, 7) is 23.6. The Morgan fingerprint density at radius 3 is 1.87 bits per heavy atom. The predicted octanol–water partition coefficient (Wildman–Crippen LogP) is 7.20. The molecule has 2 atom stereocenters. The first-order valence-electron chi connectivity index (χ1n) is 11.4. The largest absolute Gasteiger partial charge is 0.458 e. The van der Waals surface area contributed by atoms with Crippen LogP contribution in [0.3, 0.4) is 0 Å². The van der Waals surface area contributed by atoms with Crippen LogP contribution in [0.15, 0.2) is 24.3 Å². The molecule has 0 saturated carbocycles. The first-order chi connectivity index (χ1) is 13.4. The molecule has 3 nitrogen and oxygen atoms in total. The molecule has 0 aliphatic heterocycles. The third-order valence-corrected chi connectivity index (χ3v) is 7.40. The smallest absolute Gasteiger partial charge is 0.338 e. The fraction of sp³-hybridized carbons (Fsp3) is 0.741. The molecule has 1 aromatic carbocycles. The van der Waals surface area contributed by atoms with Crippen molar-refractivity contribution in [3.8, 4) is 0 Å². The van der Waals surface area contributed by atoms with Crippen molar-refractivity contribution < 1.29 is 14.6 Å². The first-order valence-corrected chi connectivity index (χ1v) is 11.4. The third kappa shape index (κ3) is 6.83. The van der Waals surface area contributed by atoms with E-state index >= 15 is 0 Å². The Hall–Kier alpha value is -1.35. The summed E-state index contributed by atoms with van der Waals surface area (Å²) in [5, 5.41) is 11.0. The second kappa shape index (κ2) is 9.42. The maximum atomic E-state index is 13.0. The van der Waals surface area contributed by atoms with Crippen molar-refractivity contribution in [1.29, 1.82) is 0 Å². The van der Waals surface area contributed by atoms with Crippen LogP contribution in [0.1, 0.15) is 104 Å². The molecule has 0 amide bonds. The summed E-state index contributed by atoms with van der Waals surface area (Å²) in [6.07, 6.45) is 1.65. The van der Waals surface area contributed by atoms with Crippen molar-refractivity contribution in [1.82, 2.24) is 0 Å². The highest BCUT2D eigenvalue weighted by molar-refractivity contribution is 5.89. The Balaban J connectivity index is 3.20. The number of benzene rings is 1. The Morgan fingerprint density at radius 1 is 0.933 bits per heavy atom. The number of rotatable bonds is 9. The second-order valence-electron chi connectivity index (χ2n) is 12.2. The van der Waals surface area contributed by atoms with Gasteiger partial charge < -0.3 is 9.84 Å². The molecule has 1 aromatic rings. The number of aryl methyl sites for hydroxylation is 1. The van der Waals surface area contributed by atoms with Crippen LogP contribution in [0.5, 0.6) is 0 Å². The van der Waals surface area contributed by atoms with Crippen molar-refractivity contribution in [2.45, 2.75) is 108 Å². The molecule has 172 valence electrons. The summed E-state index contributed by atoms with van der Waals surface area (Å²) in [5.74, 6) is -0.275. The zero-order valence-corrected chi connectivity index (χ0v) is 21.3. The topological polar surface area (TPSA) is 46.5 Å². The number of aliphatic hydroxyl groups is 1. The lowest BCUT2D eigenvalue weighted by atomic mass is 9.59. The van der Waals surface area contributed by atoms with Gasteiger partial charge in [0.2, 0.25) is 0 Å². The average molecular weight is 419 g/mol. The van der Waals surface area contributed by atoms with E-state index in [1.54, 1.807) is 0 Å². The van der Waals surface area contributed by atoms with Crippen molar-refractivity contribution in [2.75, 3.05) is 0 Å². The van der Waals surface area contributed by atoms with Crippen molar-refractivity contribution in [3.63, 3.8) is 0 Å². The van der Waals surface area contributed by atoms with E-state index in [-0.39, 0.29) is 33.7 Å². The maximum absolute atomic E-state index is 13.0. The number of carbonyl (C=O) groups is 1. The fourth-order valence-corrected chi connectivity index (χ4v) is 3.58. The number of aliphatic hydroxyl groups excluding tert-OH is 1. The summed E-state index contributed by atoms with van der Waals surface area (Å²) in [7, 11) is 0. The van der Waals surface area contributed by atoms with Crippen molar-refractivity contribution in [3.05, 3.63) is 35.4 Å². The first kappa shape index (κ1) is 26.7. The summed E-state index contributed by atoms with van der Waals surface area (Å²) < 4.78 is 6.18. The number of carbonyl (C=O) groups excluding carboxylic acids is 1. The summed E-state index contributed by atoms with van der Waals surface area (Å²) in [5.41, 5.74) is 0.999. The van der Waals surface area contributed by atoms with E-state index in [0.717, 1.165) is 18.4 Å². The monoisotopic (exact) mass is 418 g/mol. The van der Waals surface area contributed by atoms with Gasteiger partial charge in [0, 0.05) is 5.41 Å². The van der Waals surface area contributed by atoms with Crippen LogP contribution in [-0.4, -0.2) is 23.3 Å². The highest BCUT2D eigenvalue weighted by atomic mass is 16.5. The minimum Gasteiger partial charge on any atom is -0.458 e. The lowest BCUT2D eigenvalue weighted by molar-refractivity contribution is -0.0951. The zero-order valence-electron chi connectivity index (χ0n) is 21.3. The molecule has 2 unspecified atom stereocenters. The van der Waals surface area contributed by atoms with Crippen LogP contribution in [0.25, 0.3) is 0 Å². The van der Waals surface area contributed by atoms with Gasteiger partial charge in [0.25, 0.3) is 0 Å². The van der Waals surface area contributed by atoms with Gasteiger partial charge in [0.15, 0.2) is 0 Å². The predicted molar refractivity (Wildman–Crippen MR) is 127 cm³/mol. The molecule has 0 fully saturated rings. The standard InChI is InChI=1S/C27H46O3/c1-12-25(6,7)21(28)17-26(8,9)27(10,11)22(18-24(3,4)5)30-23(29)20-15-13-19(2)14-16-20/h13-16,21-22,28H,12,17-18H2,1-11H3. The van der Waals surface area contributed by atoms with Crippen LogP contribution in [0.2, 0.25) is 0 Å². The fourth-order valence-electron chi connectivity index (χ4n) is 3.58. The zero-order chi connectivity index (χ0) is 23.5. The summed E-state index contributed by atoms with van der Waals surface area (Å²) >= 11 is 0. The lowest BCUT2D eigenvalue weighted by Gasteiger charge is -2.49. The van der Waals surface area contributed by atoms with E-state index in [9.17, 15) is 9.90 Å². The van der Waals surface area contributed by atoms with Crippen LogP contribution >= 0.6 is 0 Å². The normalized spacial score (nSPS) is 15.6. The van der Waals surface area contributed by atoms with E-state index in [2.05, 4.69) is 69.2 Å². The Kier molecular flexibility index (Phi) is 8.38. The highest BCUT2D eigenvalue weighted by Gasteiger charge is 2.48. The van der Waals surface area contributed by atoms with Gasteiger partial charge in [-0.1, -0.05) is 86.9 Å². The van der Waals surface area contributed by atoms with E-state index in [0.29, 0.717) is 12.0 Å². The van der Waals surface area contributed by atoms with Gasteiger partial charge >= 0.3 is 5.97 Å². The van der Waals surface area contributed by atoms with Gasteiger partial charge in [0.05, 0.1) is 11.7 Å². The molecule has 3 heteroatoms. The minimum atomic E-state index is -0.417. The van der Waals surface area contributed by atoms with E-state index in [1.807, 2.05) is 31.2 Å². The summed E-state index contributed by atoms with van der Waals surface area (Å²) in [4.78, 5) is 13.0. The minimum absolute atomic E-state index is 0.00682. The molecule has 0 spiro atoms. The molecule has 30 heavy (non-hydrogen) atoms. The maximum Gasteiger partial charge on any atom is 0.338 e. The van der Waals surface area contributed by atoms with Gasteiger partial charge in [-0.25, -0.2) is 4.79 Å². The Morgan fingerprint density at radius 2 is 1.43 bits per heavy atom. The molecule has 0 aliphatic carbocycles. The molecule has 0 bridgehead atoms. The number of hydrogen-bond acceptors (Lipinski definition) is 3. The highest BCUT2D eigenvalue weighted by Crippen LogP contribution is 2.50. The van der Waals surface area contributed by atoms with Gasteiger partial charge in [-0.15, -0.1) is 0 Å². The van der Waals surface area contributed by atoms with Crippen LogP contribution in [0.4, 0.5) is 0 Å². The van der Waals surface area contributed by atoms with Crippen LogP contribution in [-0.2, 0) is 4.74 Å². The van der Waals surface area contributed by atoms with Gasteiger partial charge in [-0.2, -0.15) is 0 Å². The van der Waals surface area contributed by atoms with E-state index < -0.39 is 6.10 Å². The molecule has 0 aromatic heterocycles. The molecular weight excluding hydrogens is 372 g/mol. The van der Waals surface area contributed by atoms with E-state index in [1.165, 1.54) is 0 Å². The molecule has 0 heterocycles. The van der Waals surface area contributed by atoms with Crippen LogP contribution < -0.4 is 0 Å². The second-order valence-corrected chi connectivity index (χ2v) is 12.2. The number of hydrogen-bond donors (Lipinski definition) is 1. The Labute approximate surface area is 185 Å². The van der Waals surface area contributed by atoms with Crippen LogP contribution in [0, 0.1) is 28.6 Å². The quantitative estimate of drug-likeness (QED) is 0.431. The molecular formula is C27H46O3. The molecule has 0 radical (unpaired) electrons. The van der Waals surface area contributed by atoms with E-state index in [4.69, 9.17) is 4.74 Å². The SMILES string of the molecule is CCC(C)(C)C(O)CC(C)(C)C(C)(C)C(CC(C)(C)C)OC(=O)c1ccc(C)cc1.